The van der Waals surface area contributed by atoms with Crippen LogP contribution in [0.1, 0.15) is 114 Å². The molecule has 8 fully saturated rings. The summed E-state index contributed by atoms with van der Waals surface area (Å²) in [6.45, 7) is 16.4. The number of esters is 1. The van der Waals surface area contributed by atoms with Crippen molar-refractivity contribution < 1.29 is 119 Å². The topological polar surface area (TPSA) is 380 Å². The molecule has 9 rings (SSSR count). The van der Waals surface area contributed by atoms with Crippen molar-refractivity contribution >= 4 is 11.9 Å². The molecule has 0 aromatic carbocycles. The lowest BCUT2D eigenvalue weighted by Gasteiger charge is -2.72. The van der Waals surface area contributed by atoms with Gasteiger partial charge in [0.1, 0.15) is 85.5 Å². The van der Waals surface area contributed by atoms with Crippen molar-refractivity contribution in [3.63, 3.8) is 0 Å². The SMILES string of the molecule is C/C=C(/C)C(=O)O[C@H]1CC(C)(C)C[C@H]2C3=CCC4[C@@]5(C)CC[C@H](O[C@@H]6O[C@H](C(=O)O)[C@@H](O)[C@H](O[C@@H]7OC[C@H](O)[C@H](O)[C@H]7O[C@@H]7OC[C@@H](O)[C@H](O)[C@H]7O)[C@H]6O[C@@H]6O[C@H](CO)[C@H](O)[C@H](O)[C@H]6O)C(C)(C)C5CC[C@@]4(C)[C@]3(C)C[C@@H](O)[C@@]12CO. The van der Waals surface area contributed by atoms with E-state index < -0.39 is 177 Å². The van der Waals surface area contributed by atoms with Gasteiger partial charge in [-0.05, 0) is 110 Å². The second kappa shape index (κ2) is 23.0. The fraction of sp³-hybridized carbons (Fsp3) is 0.895. The normalized spacial score (nSPS) is 51.6. The van der Waals surface area contributed by atoms with E-state index in [-0.39, 0.29) is 40.6 Å². The van der Waals surface area contributed by atoms with Gasteiger partial charge in [0.25, 0.3) is 0 Å². The second-order valence-electron chi connectivity index (χ2n) is 27.0. The summed E-state index contributed by atoms with van der Waals surface area (Å²) in [5.41, 5.74) is -1.79. The van der Waals surface area contributed by atoms with Gasteiger partial charge in [-0.3, -0.25) is 0 Å². The molecule has 28 atom stereocenters. The standard InChI is InChI=1S/C57H90O24/c1-10-24(2)47(72)76-34-19-52(3,4)17-26-25-11-12-31-54(7)15-14-33(53(5,6)30(54)13-16-55(31,8)56(25,9)18-32(62)57(26,34)23-59)77-51-45(81-49-40(68)38(66)37(65)29(20-58)75-49)42(41(69)43(79-51)46(70)71)78-50-44(36(64)28(61)22-74-50)80-48-39(67)35(63)27(60)21-73-48/h10-11,26-45,48-51,58-69H,12-23H2,1-9H3,(H,70,71)/b24-10-/t26-,27+,28-,29+,30?,31?,32+,33-,34-,35-,36-,37-,38-,39+,40+,41-,42-,43-,44+,45+,48-,49-,50-,51+,54-,55+,56+,57-/m0/s1. The van der Waals surface area contributed by atoms with Crippen LogP contribution >= 0.6 is 0 Å². The van der Waals surface area contributed by atoms with E-state index in [9.17, 15) is 76.0 Å². The lowest BCUT2D eigenvalue weighted by molar-refractivity contribution is -0.399. The fourth-order valence-electron chi connectivity index (χ4n) is 16.8. The lowest BCUT2D eigenvalue weighted by atomic mass is 9.33. The Bertz CT molecular complexity index is 2330. The van der Waals surface area contributed by atoms with Gasteiger partial charge >= 0.3 is 11.9 Å². The molecular weight excluding hydrogens is 1070 g/mol. The molecule has 24 nitrogen and oxygen atoms in total. The molecule has 4 saturated carbocycles. The predicted octanol–water partition coefficient (Wildman–Crippen LogP) is -0.733. The molecular formula is C57H90O24. The van der Waals surface area contributed by atoms with Gasteiger partial charge < -0.3 is 109 Å². The molecule has 0 spiro atoms. The quantitative estimate of drug-likeness (QED) is 0.0468. The van der Waals surface area contributed by atoms with Crippen molar-refractivity contribution in [3.05, 3.63) is 23.3 Å². The summed E-state index contributed by atoms with van der Waals surface area (Å²) < 4.78 is 54.9. The van der Waals surface area contributed by atoms with Gasteiger partial charge in [-0.1, -0.05) is 66.2 Å². The van der Waals surface area contributed by atoms with Crippen LogP contribution in [0.4, 0.5) is 0 Å². The number of aliphatic carboxylic acids is 1. The molecule has 0 amide bonds. The molecule has 5 aliphatic carbocycles. The maximum Gasteiger partial charge on any atom is 0.335 e. The maximum atomic E-state index is 13.4. The first-order valence-electron chi connectivity index (χ1n) is 28.8. The summed E-state index contributed by atoms with van der Waals surface area (Å²) in [6, 6.07) is 0. The highest BCUT2D eigenvalue weighted by Gasteiger charge is 2.72. The van der Waals surface area contributed by atoms with E-state index in [1.54, 1.807) is 19.9 Å². The maximum absolute atomic E-state index is 13.4. The van der Waals surface area contributed by atoms with E-state index in [2.05, 4.69) is 54.5 Å². The van der Waals surface area contributed by atoms with Crippen LogP contribution in [0.5, 0.6) is 0 Å². The van der Waals surface area contributed by atoms with Gasteiger partial charge in [-0.25, -0.2) is 9.59 Å². The first-order valence-corrected chi connectivity index (χ1v) is 28.8. The van der Waals surface area contributed by atoms with E-state index in [0.717, 1.165) is 6.42 Å². The molecule has 0 aromatic rings. The number of carboxylic acid groups (broad SMARTS) is 1. The van der Waals surface area contributed by atoms with Crippen LogP contribution in [-0.2, 0) is 52.2 Å². The third-order valence-electron chi connectivity index (χ3n) is 21.7. The smallest absolute Gasteiger partial charge is 0.335 e. The highest BCUT2D eigenvalue weighted by atomic mass is 16.8. The molecule has 24 heteroatoms. The first-order chi connectivity index (χ1) is 37.9. The second-order valence-corrected chi connectivity index (χ2v) is 27.0. The van der Waals surface area contributed by atoms with Crippen molar-refractivity contribution in [2.24, 2.45) is 50.2 Å². The summed E-state index contributed by atoms with van der Waals surface area (Å²) in [5.74, 6) is -2.42. The zero-order chi connectivity index (χ0) is 59.4. The Labute approximate surface area is 471 Å². The predicted molar refractivity (Wildman–Crippen MR) is 277 cm³/mol. The number of carbonyl (C=O) groups excluding carboxylic acids is 1. The van der Waals surface area contributed by atoms with E-state index in [1.165, 1.54) is 5.57 Å². The number of allylic oxidation sites excluding steroid dienone is 3. The van der Waals surface area contributed by atoms with Crippen molar-refractivity contribution in [2.45, 2.75) is 243 Å². The number of carboxylic acids is 1. The molecule has 4 saturated heterocycles. The third-order valence-corrected chi connectivity index (χ3v) is 21.7. The van der Waals surface area contributed by atoms with Gasteiger partial charge in [0.05, 0.1) is 44.1 Å². The largest absolute Gasteiger partial charge is 0.479 e. The average Bonchev–Trinajstić information content (AvgIpc) is 3.28. The Balaban J connectivity index is 1.03. The van der Waals surface area contributed by atoms with Crippen LogP contribution in [0.25, 0.3) is 0 Å². The molecule has 0 bridgehead atoms. The van der Waals surface area contributed by atoms with Crippen LogP contribution < -0.4 is 0 Å². The summed E-state index contributed by atoms with van der Waals surface area (Å²) in [7, 11) is 0. The van der Waals surface area contributed by atoms with Gasteiger partial charge in [-0.2, -0.15) is 0 Å². The van der Waals surface area contributed by atoms with E-state index >= 15 is 0 Å². The molecule has 81 heavy (non-hydrogen) atoms. The fourth-order valence-corrected chi connectivity index (χ4v) is 16.8. The molecule has 462 valence electrons. The number of hydrogen-bond acceptors (Lipinski definition) is 23. The monoisotopic (exact) mass is 1160 g/mol. The molecule has 0 aromatic heterocycles. The number of hydrogen-bond donors (Lipinski definition) is 13. The summed E-state index contributed by atoms with van der Waals surface area (Å²) in [5, 5.41) is 143. The Morgan fingerprint density at radius 1 is 0.654 bits per heavy atom. The van der Waals surface area contributed by atoms with Crippen molar-refractivity contribution in [1.29, 1.82) is 0 Å². The van der Waals surface area contributed by atoms with E-state index in [4.69, 9.17) is 42.6 Å². The molecule has 0 radical (unpaired) electrons. The number of ether oxygens (including phenoxy) is 9. The van der Waals surface area contributed by atoms with Gasteiger partial charge in [0.2, 0.25) is 0 Å². The number of aliphatic hydroxyl groups excluding tert-OH is 12. The Morgan fingerprint density at radius 2 is 1.28 bits per heavy atom. The van der Waals surface area contributed by atoms with E-state index in [1.807, 2.05) is 0 Å². The number of carbonyl (C=O) groups is 2. The van der Waals surface area contributed by atoms with Crippen LogP contribution in [0.3, 0.4) is 0 Å². The van der Waals surface area contributed by atoms with E-state index in [0.29, 0.717) is 50.5 Å². The molecule has 4 aliphatic heterocycles. The van der Waals surface area contributed by atoms with Crippen LogP contribution in [-0.4, -0.2) is 234 Å². The minimum atomic E-state index is -2.19. The van der Waals surface area contributed by atoms with Crippen molar-refractivity contribution in [3.8, 4) is 0 Å². The molecule has 2 unspecified atom stereocenters. The molecule has 9 aliphatic rings. The zero-order valence-corrected chi connectivity index (χ0v) is 47.8. The minimum Gasteiger partial charge on any atom is -0.479 e. The van der Waals surface area contributed by atoms with Gasteiger partial charge in [0.15, 0.2) is 31.3 Å². The van der Waals surface area contributed by atoms with Crippen LogP contribution in [0, 0.1) is 50.2 Å². The van der Waals surface area contributed by atoms with Crippen molar-refractivity contribution in [1.82, 2.24) is 0 Å². The number of rotatable bonds is 13. The molecule has 13 N–H and O–H groups in total. The summed E-state index contributed by atoms with van der Waals surface area (Å²) >= 11 is 0. The van der Waals surface area contributed by atoms with Crippen LogP contribution in [0.2, 0.25) is 0 Å². The Morgan fingerprint density at radius 3 is 1.93 bits per heavy atom. The van der Waals surface area contributed by atoms with Gasteiger partial charge in [-0.15, -0.1) is 0 Å². The average molecular weight is 1160 g/mol. The Kier molecular flexibility index (Phi) is 18.0. The van der Waals surface area contributed by atoms with Crippen LogP contribution in [0.15, 0.2) is 23.3 Å². The molecule has 4 heterocycles. The van der Waals surface area contributed by atoms with Gasteiger partial charge in [0, 0.05) is 5.57 Å². The summed E-state index contributed by atoms with van der Waals surface area (Å²) in [6.07, 6.45) is -27.1. The first kappa shape index (κ1) is 63.1. The highest BCUT2D eigenvalue weighted by Crippen LogP contribution is 2.76. The third kappa shape index (κ3) is 10.5. The Hall–Kier alpha value is -2.38. The summed E-state index contributed by atoms with van der Waals surface area (Å²) in [4.78, 5) is 26.5. The highest BCUT2D eigenvalue weighted by molar-refractivity contribution is 5.87. The lowest BCUT2D eigenvalue weighted by Crippen LogP contribution is -2.70. The van der Waals surface area contributed by atoms with Crippen molar-refractivity contribution in [2.75, 3.05) is 26.4 Å². The zero-order valence-electron chi connectivity index (χ0n) is 47.8. The minimum absolute atomic E-state index is 0.0579. The number of aliphatic hydroxyl groups is 12. The number of fused-ring (bicyclic) bond motifs is 7.